The number of pyridine rings is 1. The van der Waals surface area contributed by atoms with Gasteiger partial charge in [0, 0.05) is 25.9 Å². The second kappa shape index (κ2) is 8.62. The standard InChI is InChI=1S/C20H24N2O3/c23-14-17-8-11-22(12-9-17)20(24)13-16-4-6-19(7-5-16)25-15-18-3-1-2-10-21-18/h1-7,10,17,23H,8-9,11-15H2. The molecule has 0 unspecified atom stereocenters. The molecule has 1 amide bonds. The Morgan fingerprint density at radius 3 is 2.56 bits per heavy atom. The molecule has 1 fully saturated rings. The largest absolute Gasteiger partial charge is 0.487 e. The van der Waals surface area contributed by atoms with Crippen LogP contribution in [0.4, 0.5) is 0 Å². The normalized spacial score (nSPS) is 15.2. The van der Waals surface area contributed by atoms with Crippen molar-refractivity contribution in [1.29, 1.82) is 0 Å². The van der Waals surface area contributed by atoms with Crippen molar-refractivity contribution in [3.63, 3.8) is 0 Å². The summed E-state index contributed by atoms with van der Waals surface area (Å²) in [5.41, 5.74) is 1.87. The first kappa shape index (κ1) is 17.4. The van der Waals surface area contributed by atoms with E-state index < -0.39 is 0 Å². The van der Waals surface area contributed by atoms with Crippen LogP contribution in [0.15, 0.2) is 48.7 Å². The first-order chi connectivity index (χ1) is 12.2. The molecule has 1 aliphatic heterocycles. The van der Waals surface area contributed by atoms with Crippen LogP contribution in [0.5, 0.6) is 5.75 Å². The van der Waals surface area contributed by atoms with Gasteiger partial charge in [-0.15, -0.1) is 0 Å². The first-order valence-electron chi connectivity index (χ1n) is 8.75. The number of benzene rings is 1. The Bertz CT molecular complexity index is 665. The van der Waals surface area contributed by atoms with E-state index >= 15 is 0 Å². The Hall–Kier alpha value is -2.40. The Balaban J connectivity index is 1.48. The van der Waals surface area contributed by atoms with Gasteiger partial charge < -0.3 is 14.7 Å². The SMILES string of the molecule is O=C(Cc1ccc(OCc2ccccn2)cc1)N1CCC(CO)CC1. The minimum Gasteiger partial charge on any atom is -0.487 e. The van der Waals surface area contributed by atoms with Crippen molar-refractivity contribution in [3.8, 4) is 5.75 Å². The molecule has 0 atom stereocenters. The van der Waals surface area contributed by atoms with Gasteiger partial charge in [0.15, 0.2) is 0 Å². The van der Waals surface area contributed by atoms with E-state index in [1.165, 1.54) is 0 Å². The fourth-order valence-electron chi connectivity index (χ4n) is 3.00. The number of aliphatic hydroxyl groups is 1. The molecule has 5 heteroatoms. The third kappa shape index (κ3) is 5.03. The summed E-state index contributed by atoms with van der Waals surface area (Å²) in [6.45, 7) is 2.14. The average molecular weight is 340 g/mol. The van der Waals surface area contributed by atoms with Gasteiger partial charge in [0.05, 0.1) is 12.1 Å². The highest BCUT2D eigenvalue weighted by Gasteiger charge is 2.22. The zero-order valence-corrected chi connectivity index (χ0v) is 14.3. The van der Waals surface area contributed by atoms with Crippen LogP contribution < -0.4 is 4.74 Å². The van der Waals surface area contributed by atoms with Crippen LogP contribution >= 0.6 is 0 Å². The van der Waals surface area contributed by atoms with Gasteiger partial charge in [-0.05, 0) is 48.6 Å². The second-order valence-corrected chi connectivity index (χ2v) is 6.44. The Morgan fingerprint density at radius 2 is 1.92 bits per heavy atom. The van der Waals surface area contributed by atoms with Gasteiger partial charge in [-0.2, -0.15) is 0 Å². The van der Waals surface area contributed by atoms with Crippen molar-refractivity contribution in [2.75, 3.05) is 19.7 Å². The summed E-state index contributed by atoms with van der Waals surface area (Å²) >= 11 is 0. The summed E-state index contributed by atoms with van der Waals surface area (Å²) in [7, 11) is 0. The maximum Gasteiger partial charge on any atom is 0.226 e. The highest BCUT2D eigenvalue weighted by molar-refractivity contribution is 5.78. The van der Waals surface area contributed by atoms with Crippen LogP contribution in [0.2, 0.25) is 0 Å². The number of hydrogen-bond donors (Lipinski definition) is 1. The van der Waals surface area contributed by atoms with E-state index in [4.69, 9.17) is 4.74 Å². The van der Waals surface area contributed by atoms with Gasteiger partial charge in [0.2, 0.25) is 5.91 Å². The summed E-state index contributed by atoms with van der Waals surface area (Å²) < 4.78 is 5.71. The number of carbonyl (C=O) groups is 1. The van der Waals surface area contributed by atoms with E-state index in [0.717, 1.165) is 42.9 Å². The van der Waals surface area contributed by atoms with Gasteiger partial charge in [0.25, 0.3) is 0 Å². The number of hydrogen-bond acceptors (Lipinski definition) is 4. The molecule has 132 valence electrons. The molecule has 1 aliphatic rings. The van der Waals surface area contributed by atoms with Crippen LogP contribution in [0.25, 0.3) is 0 Å². The summed E-state index contributed by atoms with van der Waals surface area (Å²) in [4.78, 5) is 18.5. The minimum atomic E-state index is 0.151. The van der Waals surface area contributed by atoms with Crippen LogP contribution in [0.3, 0.4) is 0 Å². The molecule has 25 heavy (non-hydrogen) atoms. The Labute approximate surface area is 148 Å². The summed E-state index contributed by atoms with van der Waals surface area (Å²) in [5, 5.41) is 9.17. The highest BCUT2D eigenvalue weighted by atomic mass is 16.5. The number of aromatic nitrogens is 1. The third-order valence-electron chi connectivity index (χ3n) is 4.62. The second-order valence-electron chi connectivity index (χ2n) is 6.44. The first-order valence-corrected chi connectivity index (χ1v) is 8.75. The molecule has 1 aromatic heterocycles. The molecule has 1 N–H and O–H groups in total. The number of likely N-dealkylation sites (tertiary alicyclic amines) is 1. The predicted octanol–water partition coefficient (Wildman–Crippen LogP) is 2.43. The van der Waals surface area contributed by atoms with Crippen LogP contribution in [0.1, 0.15) is 24.1 Å². The van der Waals surface area contributed by atoms with E-state index in [0.29, 0.717) is 18.9 Å². The molecule has 5 nitrogen and oxygen atoms in total. The highest BCUT2D eigenvalue weighted by Crippen LogP contribution is 2.18. The fourth-order valence-corrected chi connectivity index (χ4v) is 3.00. The lowest BCUT2D eigenvalue weighted by Crippen LogP contribution is -2.40. The van der Waals surface area contributed by atoms with E-state index in [2.05, 4.69) is 4.98 Å². The number of nitrogens with zero attached hydrogens (tertiary/aromatic N) is 2. The van der Waals surface area contributed by atoms with E-state index in [9.17, 15) is 9.90 Å². The molecule has 1 saturated heterocycles. The minimum absolute atomic E-state index is 0.151. The van der Waals surface area contributed by atoms with Crippen LogP contribution in [-0.2, 0) is 17.8 Å². The molecule has 3 rings (SSSR count). The maximum absolute atomic E-state index is 12.4. The topological polar surface area (TPSA) is 62.7 Å². The fraction of sp³-hybridized carbons (Fsp3) is 0.400. The van der Waals surface area contributed by atoms with E-state index in [-0.39, 0.29) is 12.5 Å². The quantitative estimate of drug-likeness (QED) is 0.877. The summed E-state index contributed by atoms with van der Waals surface area (Å²) in [5.74, 6) is 1.27. The molecular formula is C20H24N2O3. The zero-order chi connectivity index (χ0) is 17.5. The van der Waals surface area contributed by atoms with Crippen molar-refractivity contribution >= 4 is 5.91 Å². The number of aliphatic hydroxyl groups excluding tert-OH is 1. The lowest BCUT2D eigenvalue weighted by molar-refractivity contribution is -0.132. The smallest absolute Gasteiger partial charge is 0.226 e. The van der Waals surface area contributed by atoms with E-state index in [1.807, 2.05) is 47.4 Å². The molecule has 0 radical (unpaired) electrons. The number of amides is 1. The number of carbonyl (C=O) groups excluding carboxylic acids is 1. The van der Waals surface area contributed by atoms with Gasteiger partial charge in [-0.1, -0.05) is 18.2 Å². The van der Waals surface area contributed by atoms with Gasteiger partial charge in [0.1, 0.15) is 12.4 Å². The van der Waals surface area contributed by atoms with Gasteiger partial charge in [-0.25, -0.2) is 0 Å². The lowest BCUT2D eigenvalue weighted by Gasteiger charge is -2.31. The molecule has 0 aliphatic carbocycles. The summed E-state index contributed by atoms with van der Waals surface area (Å²) in [6.07, 6.45) is 3.94. The molecule has 1 aromatic carbocycles. The lowest BCUT2D eigenvalue weighted by atomic mass is 9.97. The number of piperidine rings is 1. The molecule has 0 saturated carbocycles. The molecule has 2 aromatic rings. The van der Waals surface area contributed by atoms with Crippen molar-refractivity contribution in [1.82, 2.24) is 9.88 Å². The third-order valence-corrected chi connectivity index (χ3v) is 4.62. The van der Waals surface area contributed by atoms with Crippen LogP contribution in [-0.4, -0.2) is 40.6 Å². The van der Waals surface area contributed by atoms with Crippen molar-refractivity contribution in [3.05, 3.63) is 59.9 Å². The average Bonchev–Trinajstić information content (AvgIpc) is 2.68. The maximum atomic E-state index is 12.4. The molecular weight excluding hydrogens is 316 g/mol. The van der Waals surface area contributed by atoms with Gasteiger partial charge in [-0.3, -0.25) is 9.78 Å². The summed E-state index contributed by atoms with van der Waals surface area (Å²) in [6, 6.07) is 13.4. The predicted molar refractivity (Wildman–Crippen MR) is 95.1 cm³/mol. The monoisotopic (exact) mass is 340 g/mol. The van der Waals surface area contributed by atoms with Crippen molar-refractivity contribution in [2.24, 2.45) is 5.92 Å². The van der Waals surface area contributed by atoms with Crippen molar-refractivity contribution < 1.29 is 14.6 Å². The Morgan fingerprint density at radius 1 is 1.16 bits per heavy atom. The number of rotatable bonds is 6. The van der Waals surface area contributed by atoms with Crippen molar-refractivity contribution in [2.45, 2.75) is 25.9 Å². The Kier molecular flexibility index (Phi) is 6.01. The van der Waals surface area contributed by atoms with Crippen LogP contribution in [0, 0.1) is 5.92 Å². The number of ether oxygens (including phenoxy) is 1. The van der Waals surface area contributed by atoms with Gasteiger partial charge >= 0.3 is 0 Å². The van der Waals surface area contributed by atoms with E-state index in [1.54, 1.807) is 6.20 Å². The zero-order valence-electron chi connectivity index (χ0n) is 14.3. The molecule has 2 heterocycles. The molecule has 0 bridgehead atoms. The molecule has 0 spiro atoms.